The summed E-state index contributed by atoms with van der Waals surface area (Å²) in [4.78, 5) is 22.9. The van der Waals surface area contributed by atoms with Crippen LogP contribution in [-0.2, 0) is 13.0 Å². The Hall–Kier alpha value is -3.09. The van der Waals surface area contributed by atoms with Crippen LogP contribution in [0.15, 0.2) is 78.3 Å². The number of rotatable bonds is 7. The van der Waals surface area contributed by atoms with E-state index in [1.165, 1.54) is 28.4 Å². The molecular weight excluding hydrogens is 457 g/mol. The van der Waals surface area contributed by atoms with Gasteiger partial charge in [0.05, 0.1) is 10.4 Å². The first kappa shape index (κ1) is 23.6. The molecule has 1 aliphatic heterocycles. The van der Waals surface area contributed by atoms with Crippen LogP contribution in [0.5, 0.6) is 0 Å². The zero-order valence-corrected chi connectivity index (χ0v) is 20.8. The second-order valence-electron chi connectivity index (χ2n) is 9.36. The molecule has 2 aromatic heterocycles. The Kier molecular flexibility index (Phi) is 7.21. The number of hydrogen-bond acceptors (Lipinski definition) is 4. The minimum atomic E-state index is -0.199. The average Bonchev–Trinajstić information content (AvgIpc) is 3.43. The maximum absolute atomic E-state index is 14.6. The zero-order chi connectivity index (χ0) is 24.2. The van der Waals surface area contributed by atoms with Crippen molar-refractivity contribution in [2.45, 2.75) is 31.8 Å². The maximum Gasteiger partial charge on any atom is 0.263 e. The Balaban J connectivity index is 1.31. The highest BCUT2D eigenvalue weighted by Crippen LogP contribution is 2.30. The fourth-order valence-corrected chi connectivity index (χ4v) is 5.97. The number of carbonyl (C=O) groups is 1. The Bertz CT molecular complexity index is 1280. The van der Waals surface area contributed by atoms with E-state index in [1.54, 1.807) is 6.07 Å². The summed E-state index contributed by atoms with van der Waals surface area (Å²) >= 11 is 1.46. The number of benzene rings is 2. The van der Waals surface area contributed by atoms with Gasteiger partial charge >= 0.3 is 0 Å². The number of para-hydroxylation sites is 1. The van der Waals surface area contributed by atoms with Crippen molar-refractivity contribution >= 4 is 28.1 Å². The molecule has 6 heteroatoms. The number of likely N-dealkylation sites (N-methyl/N-ethyl adjacent to an activating group) is 1. The van der Waals surface area contributed by atoms with Gasteiger partial charge in [-0.1, -0.05) is 48.5 Å². The molecule has 1 fully saturated rings. The molecule has 35 heavy (non-hydrogen) atoms. The van der Waals surface area contributed by atoms with Crippen LogP contribution in [0, 0.1) is 11.7 Å². The number of halogens is 1. The molecule has 4 nitrogen and oxygen atoms in total. The molecule has 0 aliphatic carbocycles. The van der Waals surface area contributed by atoms with E-state index in [0.29, 0.717) is 17.9 Å². The highest BCUT2D eigenvalue weighted by Gasteiger charge is 2.33. The van der Waals surface area contributed by atoms with E-state index in [2.05, 4.69) is 34.1 Å². The molecule has 0 radical (unpaired) electrons. The second-order valence-corrected chi connectivity index (χ2v) is 10.3. The van der Waals surface area contributed by atoms with Crippen LogP contribution in [0.25, 0.3) is 10.9 Å². The Labute approximate surface area is 210 Å². The predicted octanol–water partition coefficient (Wildman–Crippen LogP) is 6.03. The van der Waals surface area contributed by atoms with Gasteiger partial charge in [0.25, 0.3) is 5.91 Å². The van der Waals surface area contributed by atoms with Gasteiger partial charge in [0, 0.05) is 31.2 Å². The molecule has 0 N–H and O–H groups in total. The van der Waals surface area contributed by atoms with Crippen molar-refractivity contribution in [2.75, 3.05) is 20.1 Å². The van der Waals surface area contributed by atoms with Crippen molar-refractivity contribution in [1.82, 2.24) is 14.8 Å². The molecule has 2 aromatic carbocycles. The van der Waals surface area contributed by atoms with Crippen LogP contribution >= 0.6 is 11.3 Å². The van der Waals surface area contributed by atoms with Crippen molar-refractivity contribution in [1.29, 1.82) is 0 Å². The first-order chi connectivity index (χ1) is 17.1. The van der Waals surface area contributed by atoms with Crippen LogP contribution in [0.1, 0.15) is 33.6 Å². The van der Waals surface area contributed by atoms with Crippen molar-refractivity contribution in [2.24, 2.45) is 5.92 Å². The largest absolute Gasteiger partial charge is 0.337 e. The van der Waals surface area contributed by atoms with Crippen LogP contribution < -0.4 is 0 Å². The summed E-state index contributed by atoms with van der Waals surface area (Å²) in [5, 5.41) is 3.09. The van der Waals surface area contributed by atoms with Gasteiger partial charge in [-0.25, -0.2) is 4.39 Å². The maximum atomic E-state index is 14.6. The van der Waals surface area contributed by atoms with Gasteiger partial charge in [0.1, 0.15) is 5.82 Å². The average molecular weight is 488 g/mol. The number of thiophene rings is 1. The lowest BCUT2D eigenvalue weighted by atomic mass is 9.84. The fourth-order valence-electron chi connectivity index (χ4n) is 5.27. The Morgan fingerprint density at radius 3 is 2.60 bits per heavy atom. The van der Waals surface area contributed by atoms with E-state index >= 15 is 0 Å². The summed E-state index contributed by atoms with van der Waals surface area (Å²) in [6.45, 7) is 2.76. The number of carbonyl (C=O) groups excluding carboxylic acids is 1. The van der Waals surface area contributed by atoms with Crippen LogP contribution in [0.4, 0.5) is 4.39 Å². The smallest absolute Gasteiger partial charge is 0.263 e. The summed E-state index contributed by atoms with van der Waals surface area (Å²) in [6.07, 6.45) is 4.32. The molecule has 4 aromatic rings. The summed E-state index contributed by atoms with van der Waals surface area (Å²) < 4.78 is 14.6. The van der Waals surface area contributed by atoms with Gasteiger partial charge in [-0.3, -0.25) is 14.7 Å². The van der Waals surface area contributed by atoms with E-state index in [4.69, 9.17) is 0 Å². The van der Waals surface area contributed by atoms with Gasteiger partial charge in [-0.2, -0.15) is 0 Å². The van der Waals surface area contributed by atoms with Gasteiger partial charge in [0.2, 0.25) is 0 Å². The third kappa shape index (κ3) is 5.29. The summed E-state index contributed by atoms with van der Waals surface area (Å²) in [7, 11) is 1.88. The van der Waals surface area contributed by atoms with Crippen molar-refractivity contribution < 1.29 is 9.18 Å². The molecular formula is C29H30FN3OS. The molecule has 0 bridgehead atoms. The normalized spacial score (nSPS) is 15.8. The third-order valence-electron chi connectivity index (χ3n) is 7.22. The van der Waals surface area contributed by atoms with Crippen LogP contribution in [-0.4, -0.2) is 46.9 Å². The molecule has 0 spiro atoms. The monoisotopic (exact) mass is 487 g/mol. The Morgan fingerprint density at radius 2 is 1.83 bits per heavy atom. The molecule has 180 valence electrons. The van der Waals surface area contributed by atoms with Crippen LogP contribution in [0.2, 0.25) is 0 Å². The number of aromatic nitrogens is 1. The first-order valence-corrected chi connectivity index (χ1v) is 13.1. The van der Waals surface area contributed by atoms with E-state index in [9.17, 15) is 9.18 Å². The van der Waals surface area contributed by atoms with E-state index in [-0.39, 0.29) is 17.8 Å². The lowest BCUT2D eigenvalue weighted by Gasteiger charge is -2.40. The topological polar surface area (TPSA) is 36.4 Å². The second kappa shape index (κ2) is 10.7. The summed E-state index contributed by atoms with van der Waals surface area (Å²) in [5.41, 5.74) is 2.98. The summed E-state index contributed by atoms with van der Waals surface area (Å²) in [5.74, 6) is 0.131. The number of likely N-dealkylation sites (tertiary alicyclic amines) is 1. The lowest BCUT2D eigenvalue weighted by molar-refractivity contribution is 0.0588. The van der Waals surface area contributed by atoms with E-state index in [1.807, 2.05) is 53.9 Å². The molecule has 1 aliphatic rings. The van der Waals surface area contributed by atoms with E-state index in [0.717, 1.165) is 42.9 Å². The lowest BCUT2D eigenvalue weighted by Crippen LogP contribution is -2.47. The molecule has 3 heterocycles. The number of pyridine rings is 1. The standard InChI is InChI=1S/C29H30FN3OS/c1-32(29(34)27-12-6-18-35-27)26(19-23-7-2-3-11-25(23)30)21-13-16-33(17-14-21)20-24-9-4-8-22-10-5-15-31-28(22)24/h2-12,15,18,21,26H,13-14,16-17,19-20H2,1H3. The predicted molar refractivity (Wildman–Crippen MR) is 140 cm³/mol. The fraction of sp³-hybridized carbons (Fsp3) is 0.310. The summed E-state index contributed by atoms with van der Waals surface area (Å²) in [6, 6.07) is 21.1. The highest BCUT2D eigenvalue weighted by molar-refractivity contribution is 7.12. The molecule has 1 unspecified atom stereocenters. The number of amides is 1. The Morgan fingerprint density at radius 1 is 1.06 bits per heavy atom. The molecule has 1 saturated heterocycles. The van der Waals surface area contributed by atoms with Gasteiger partial charge in [-0.05, 0) is 73.0 Å². The van der Waals surface area contributed by atoms with Crippen molar-refractivity contribution in [3.8, 4) is 0 Å². The molecule has 0 saturated carbocycles. The number of hydrogen-bond donors (Lipinski definition) is 0. The zero-order valence-electron chi connectivity index (χ0n) is 19.9. The van der Waals surface area contributed by atoms with Crippen molar-refractivity contribution in [3.63, 3.8) is 0 Å². The van der Waals surface area contributed by atoms with E-state index < -0.39 is 0 Å². The van der Waals surface area contributed by atoms with Gasteiger partial charge in [-0.15, -0.1) is 11.3 Å². The van der Waals surface area contributed by atoms with Crippen LogP contribution in [0.3, 0.4) is 0 Å². The number of piperidine rings is 1. The number of nitrogens with zero attached hydrogens (tertiary/aromatic N) is 3. The van der Waals surface area contributed by atoms with Gasteiger partial charge in [0.15, 0.2) is 0 Å². The molecule has 5 rings (SSSR count). The van der Waals surface area contributed by atoms with Gasteiger partial charge < -0.3 is 4.90 Å². The minimum Gasteiger partial charge on any atom is -0.337 e. The minimum absolute atomic E-state index is 0.0191. The third-order valence-corrected chi connectivity index (χ3v) is 8.08. The SMILES string of the molecule is CN(C(=O)c1cccs1)C(Cc1ccccc1F)C1CCN(Cc2cccc3cccnc23)CC1. The molecule has 1 amide bonds. The quantitative estimate of drug-likeness (QED) is 0.319. The first-order valence-electron chi connectivity index (χ1n) is 12.2. The molecule has 1 atom stereocenters. The highest BCUT2D eigenvalue weighted by atomic mass is 32.1. The number of fused-ring (bicyclic) bond motifs is 1. The van der Waals surface area contributed by atoms with Crippen molar-refractivity contribution in [3.05, 3.63) is 100 Å².